The standard InChI is InChI=1S/C17H33N3O/c1-17(2,3)15-6-4-14(5-7-15)16(21)20-12-10-19(9-8-18)11-13-20/h14-15H,4-13,18H2,1-3H3. The van der Waals surface area contributed by atoms with Crippen LogP contribution in [0.2, 0.25) is 0 Å². The van der Waals surface area contributed by atoms with Crippen molar-refractivity contribution in [3.05, 3.63) is 0 Å². The van der Waals surface area contributed by atoms with Crippen molar-refractivity contribution in [3.63, 3.8) is 0 Å². The molecule has 0 aromatic heterocycles. The molecule has 0 spiro atoms. The molecule has 4 heteroatoms. The van der Waals surface area contributed by atoms with E-state index in [1.807, 2.05) is 0 Å². The average molecular weight is 295 g/mol. The van der Waals surface area contributed by atoms with Crippen molar-refractivity contribution < 1.29 is 4.79 Å². The molecular weight excluding hydrogens is 262 g/mol. The minimum atomic E-state index is 0.282. The maximum absolute atomic E-state index is 12.7. The molecule has 1 amide bonds. The summed E-state index contributed by atoms with van der Waals surface area (Å²) in [5, 5.41) is 0. The van der Waals surface area contributed by atoms with Gasteiger partial charge in [-0.25, -0.2) is 0 Å². The third-order valence-corrected chi connectivity index (χ3v) is 5.43. The van der Waals surface area contributed by atoms with Gasteiger partial charge in [0.25, 0.3) is 0 Å². The van der Waals surface area contributed by atoms with Crippen LogP contribution in [-0.4, -0.2) is 55.0 Å². The summed E-state index contributed by atoms with van der Waals surface area (Å²) in [6.45, 7) is 12.4. The van der Waals surface area contributed by atoms with Crippen LogP contribution < -0.4 is 5.73 Å². The van der Waals surface area contributed by atoms with Gasteiger partial charge in [0.05, 0.1) is 0 Å². The van der Waals surface area contributed by atoms with Crippen LogP contribution in [0.1, 0.15) is 46.5 Å². The first-order valence-corrected chi connectivity index (χ1v) is 8.63. The Kier molecular flexibility index (Phi) is 5.67. The van der Waals surface area contributed by atoms with Crippen LogP contribution in [0.25, 0.3) is 0 Å². The highest BCUT2D eigenvalue weighted by atomic mass is 16.2. The zero-order valence-corrected chi connectivity index (χ0v) is 14.1. The van der Waals surface area contributed by atoms with Crippen LogP contribution >= 0.6 is 0 Å². The lowest BCUT2D eigenvalue weighted by Crippen LogP contribution is -2.51. The van der Waals surface area contributed by atoms with E-state index in [1.165, 1.54) is 12.8 Å². The highest BCUT2D eigenvalue weighted by molar-refractivity contribution is 5.79. The van der Waals surface area contributed by atoms with E-state index in [9.17, 15) is 4.79 Å². The molecule has 122 valence electrons. The Labute approximate surface area is 130 Å². The molecule has 2 aliphatic rings. The average Bonchev–Trinajstić information content (AvgIpc) is 2.47. The summed E-state index contributed by atoms with van der Waals surface area (Å²) in [4.78, 5) is 17.1. The lowest BCUT2D eigenvalue weighted by atomic mass is 9.69. The molecule has 1 aliphatic heterocycles. The van der Waals surface area contributed by atoms with Crippen molar-refractivity contribution in [3.8, 4) is 0 Å². The van der Waals surface area contributed by atoms with Gasteiger partial charge in [0.2, 0.25) is 5.91 Å². The number of rotatable bonds is 3. The second kappa shape index (κ2) is 7.10. The molecule has 2 fully saturated rings. The van der Waals surface area contributed by atoms with Gasteiger partial charge in [-0.2, -0.15) is 0 Å². The van der Waals surface area contributed by atoms with Crippen LogP contribution in [0.5, 0.6) is 0 Å². The Hall–Kier alpha value is -0.610. The molecule has 1 saturated heterocycles. The first kappa shape index (κ1) is 16.8. The van der Waals surface area contributed by atoms with E-state index in [0.29, 0.717) is 17.9 Å². The summed E-state index contributed by atoms with van der Waals surface area (Å²) in [6, 6.07) is 0. The molecular formula is C17H33N3O. The number of carbonyl (C=O) groups excluding carboxylic acids is 1. The summed E-state index contributed by atoms with van der Waals surface area (Å²) in [5.74, 6) is 1.47. The van der Waals surface area contributed by atoms with Gasteiger partial charge in [-0.1, -0.05) is 20.8 Å². The molecule has 1 heterocycles. The first-order valence-electron chi connectivity index (χ1n) is 8.63. The number of nitrogens with zero attached hydrogens (tertiary/aromatic N) is 2. The molecule has 21 heavy (non-hydrogen) atoms. The number of amides is 1. The third-order valence-electron chi connectivity index (χ3n) is 5.43. The molecule has 2 N–H and O–H groups in total. The highest BCUT2D eigenvalue weighted by Crippen LogP contribution is 2.40. The van der Waals surface area contributed by atoms with Gasteiger partial charge in [0.1, 0.15) is 0 Å². The van der Waals surface area contributed by atoms with Crippen LogP contribution in [0.15, 0.2) is 0 Å². The van der Waals surface area contributed by atoms with Crippen LogP contribution in [-0.2, 0) is 4.79 Å². The maximum Gasteiger partial charge on any atom is 0.225 e. The van der Waals surface area contributed by atoms with Crippen LogP contribution in [0.4, 0.5) is 0 Å². The molecule has 1 saturated carbocycles. The van der Waals surface area contributed by atoms with Gasteiger partial charge in [-0.05, 0) is 37.0 Å². The molecule has 0 aromatic carbocycles. The monoisotopic (exact) mass is 295 g/mol. The lowest BCUT2D eigenvalue weighted by molar-refractivity contribution is -0.139. The van der Waals surface area contributed by atoms with Gasteiger partial charge in [-0.3, -0.25) is 9.69 Å². The minimum absolute atomic E-state index is 0.282. The largest absolute Gasteiger partial charge is 0.340 e. The van der Waals surface area contributed by atoms with Crippen molar-refractivity contribution in [2.75, 3.05) is 39.3 Å². The van der Waals surface area contributed by atoms with Crippen molar-refractivity contribution >= 4 is 5.91 Å². The molecule has 4 nitrogen and oxygen atoms in total. The van der Waals surface area contributed by atoms with Gasteiger partial charge in [0.15, 0.2) is 0 Å². The van der Waals surface area contributed by atoms with E-state index in [0.717, 1.165) is 51.5 Å². The second-order valence-corrected chi connectivity index (χ2v) is 7.87. The Morgan fingerprint density at radius 1 is 1.05 bits per heavy atom. The van der Waals surface area contributed by atoms with E-state index >= 15 is 0 Å². The summed E-state index contributed by atoms with van der Waals surface area (Å²) in [6.07, 6.45) is 4.60. The van der Waals surface area contributed by atoms with Crippen molar-refractivity contribution in [2.45, 2.75) is 46.5 Å². The van der Waals surface area contributed by atoms with E-state index < -0.39 is 0 Å². The number of hydrogen-bond donors (Lipinski definition) is 1. The maximum atomic E-state index is 12.7. The Bertz CT molecular complexity index is 334. The molecule has 2 rings (SSSR count). The fourth-order valence-electron chi connectivity index (χ4n) is 3.84. The predicted octanol–water partition coefficient (Wildman–Crippen LogP) is 1.94. The van der Waals surface area contributed by atoms with E-state index in [2.05, 4.69) is 30.6 Å². The van der Waals surface area contributed by atoms with Gasteiger partial charge in [0, 0.05) is 45.2 Å². The summed E-state index contributed by atoms with van der Waals surface area (Å²) < 4.78 is 0. The quantitative estimate of drug-likeness (QED) is 0.865. The molecule has 0 bridgehead atoms. The van der Waals surface area contributed by atoms with Gasteiger partial charge in [-0.15, -0.1) is 0 Å². The van der Waals surface area contributed by atoms with Crippen LogP contribution in [0.3, 0.4) is 0 Å². The lowest BCUT2D eigenvalue weighted by Gasteiger charge is -2.40. The van der Waals surface area contributed by atoms with E-state index in [4.69, 9.17) is 5.73 Å². The van der Waals surface area contributed by atoms with E-state index in [-0.39, 0.29) is 5.92 Å². The number of nitrogens with two attached hydrogens (primary N) is 1. The number of piperazine rings is 1. The molecule has 0 atom stereocenters. The van der Waals surface area contributed by atoms with Crippen molar-refractivity contribution in [1.29, 1.82) is 0 Å². The van der Waals surface area contributed by atoms with Crippen LogP contribution in [0, 0.1) is 17.3 Å². The van der Waals surface area contributed by atoms with Crippen molar-refractivity contribution in [1.82, 2.24) is 9.80 Å². The third kappa shape index (κ3) is 4.43. The number of carbonyl (C=O) groups is 1. The van der Waals surface area contributed by atoms with Gasteiger partial charge < -0.3 is 10.6 Å². The first-order chi connectivity index (χ1) is 9.91. The summed E-state index contributed by atoms with van der Waals surface area (Å²) in [5.41, 5.74) is 5.99. The van der Waals surface area contributed by atoms with Gasteiger partial charge >= 0.3 is 0 Å². The zero-order chi connectivity index (χ0) is 15.5. The molecule has 0 aromatic rings. The summed E-state index contributed by atoms with van der Waals surface area (Å²) >= 11 is 0. The highest BCUT2D eigenvalue weighted by Gasteiger charge is 2.34. The minimum Gasteiger partial charge on any atom is -0.340 e. The van der Waals surface area contributed by atoms with E-state index in [1.54, 1.807) is 0 Å². The fraction of sp³-hybridized carbons (Fsp3) is 0.941. The summed E-state index contributed by atoms with van der Waals surface area (Å²) in [7, 11) is 0. The normalized spacial score (nSPS) is 28.7. The smallest absolute Gasteiger partial charge is 0.225 e. The molecule has 0 radical (unpaired) electrons. The Balaban J connectivity index is 1.78. The molecule has 1 aliphatic carbocycles. The Morgan fingerprint density at radius 2 is 1.62 bits per heavy atom. The predicted molar refractivity (Wildman–Crippen MR) is 87.0 cm³/mol. The SMILES string of the molecule is CC(C)(C)C1CCC(C(=O)N2CCN(CCN)CC2)CC1. The fourth-order valence-corrected chi connectivity index (χ4v) is 3.84. The number of hydrogen-bond acceptors (Lipinski definition) is 3. The zero-order valence-electron chi connectivity index (χ0n) is 14.1. The topological polar surface area (TPSA) is 49.6 Å². The Morgan fingerprint density at radius 3 is 2.10 bits per heavy atom. The second-order valence-electron chi connectivity index (χ2n) is 7.87. The van der Waals surface area contributed by atoms with Crippen molar-refractivity contribution in [2.24, 2.45) is 23.0 Å². The molecule has 0 unspecified atom stereocenters.